The molecule has 0 radical (unpaired) electrons. The molecule has 0 fully saturated rings. The number of hydrogen-bond acceptors (Lipinski definition) is 2. The van der Waals surface area contributed by atoms with Crippen molar-refractivity contribution in [2.75, 3.05) is 0 Å². The molecule has 2 atom stereocenters. The smallest absolute Gasteiger partial charge is 0.387 e. The van der Waals surface area contributed by atoms with Crippen LogP contribution in [0.5, 0.6) is 5.75 Å². The Labute approximate surface area is 122 Å². The Kier molecular flexibility index (Phi) is 3.88. The lowest BCUT2D eigenvalue weighted by Crippen LogP contribution is -2.31. The predicted octanol–water partition coefficient (Wildman–Crippen LogP) is 4.24. The highest BCUT2D eigenvalue weighted by molar-refractivity contribution is 5.41. The molecule has 110 valence electrons. The summed E-state index contributed by atoms with van der Waals surface area (Å²) < 4.78 is 29.0. The van der Waals surface area contributed by atoms with Gasteiger partial charge in [0.25, 0.3) is 0 Å². The first kappa shape index (κ1) is 14.0. The van der Waals surface area contributed by atoms with Crippen LogP contribution in [0.15, 0.2) is 48.5 Å². The van der Waals surface area contributed by atoms with Crippen LogP contribution in [-0.4, -0.2) is 6.61 Å². The van der Waals surface area contributed by atoms with Crippen molar-refractivity contribution in [3.05, 3.63) is 65.2 Å². The largest absolute Gasteiger partial charge is 0.435 e. The zero-order chi connectivity index (χ0) is 14.8. The number of ether oxygens (including phenoxy) is 1. The third kappa shape index (κ3) is 2.90. The second kappa shape index (κ2) is 5.82. The predicted molar refractivity (Wildman–Crippen MR) is 77.5 cm³/mol. The van der Waals surface area contributed by atoms with Gasteiger partial charge in [-0.25, -0.2) is 0 Å². The Hall–Kier alpha value is -1.94. The van der Waals surface area contributed by atoms with Crippen LogP contribution in [0.4, 0.5) is 8.78 Å². The van der Waals surface area contributed by atoms with E-state index in [2.05, 4.69) is 29.1 Å². The lowest BCUT2D eigenvalue weighted by Gasteiger charge is -2.33. The maximum Gasteiger partial charge on any atom is 0.387 e. The Bertz CT molecular complexity index is 615. The van der Waals surface area contributed by atoms with E-state index in [0.29, 0.717) is 6.54 Å². The molecule has 0 bridgehead atoms. The molecule has 4 heteroatoms. The van der Waals surface area contributed by atoms with Crippen molar-refractivity contribution >= 4 is 0 Å². The first-order valence-corrected chi connectivity index (χ1v) is 7.01. The molecule has 3 rings (SSSR count). The summed E-state index contributed by atoms with van der Waals surface area (Å²) in [6.07, 6.45) is 0. The maximum atomic E-state index is 12.3. The summed E-state index contributed by atoms with van der Waals surface area (Å²) in [5.74, 6) is 0.493. The molecule has 0 saturated heterocycles. The summed E-state index contributed by atoms with van der Waals surface area (Å²) in [7, 11) is 0. The third-order valence-corrected chi connectivity index (χ3v) is 4.00. The van der Waals surface area contributed by atoms with Crippen molar-refractivity contribution in [2.24, 2.45) is 0 Å². The van der Waals surface area contributed by atoms with Crippen LogP contribution >= 0.6 is 0 Å². The van der Waals surface area contributed by atoms with Crippen molar-refractivity contribution < 1.29 is 13.5 Å². The second-order valence-corrected chi connectivity index (χ2v) is 5.30. The van der Waals surface area contributed by atoms with Crippen molar-refractivity contribution in [1.82, 2.24) is 5.32 Å². The number of hydrogen-bond donors (Lipinski definition) is 1. The van der Waals surface area contributed by atoms with Gasteiger partial charge in [-0.05, 0) is 28.8 Å². The highest BCUT2D eigenvalue weighted by atomic mass is 19.3. The van der Waals surface area contributed by atoms with Crippen LogP contribution in [-0.2, 0) is 6.54 Å². The van der Waals surface area contributed by atoms with E-state index in [9.17, 15) is 8.78 Å². The summed E-state index contributed by atoms with van der Waals surface area (Å²) in [5.41, 5.74) is 3.45. The lowest BCUT2D eigenvalue weighted by molar-refractivity contribution is -0.0499. The number of fused-ring (bicyclic) bond motifs is 1. The van der Waals surface area contributed by atoms with E-state index in [1.165, 1.54) is 11.1 Å². The first-order chi connectivity index (χ1) is 10.1. The average molecular weight is 289 g/mol. The number of nitrogens with one attached hydrogen (secondary N) is 1. The van der Waals surface area contributed by atoms with Gasteiger partial charge in [-0.3, -0.25) is 0 Å². The van der Waals surface area contributed by atoms with Crippen LogP contribution in [0.25, 0.3) is 0 Å². The second-order valence-electron chi connectivity index (χ2n) is 5.30. The van der Waals surface area contributed by atoms with Crippen molar-refractivity contribution in [3.8, 4) is 5.75 Å². The van der Waals surface area contributed by atoms with E-state index < -0.39 is 6.61 Å². The van der Waals surface area contributed by atoms with E-state index >= 15 is 0 Å². The molecule has 1 N–H and O–H groups in total. The van der Waals surface area contributed by atoms with Gasteiger partial charge >= 0.3 is 6.61 Å². The Balaban J connectivity index is 1.87. The summed E-state index contributed by atoms with van der Waals surface area (Å²) in [6, 6.07) is 15.7. The highest BCUT2D eigenvalue weighted by Gasteiger charge is 2.27. The van der Waals surface area contributed by atoms with Gasteiger partial charge in [0.1, 0.15) is 5.75 Å². The normalized spacial score (nSPS) is 21.1. The third-order valence-electron chi connectivity index (χ3n) is 4.00. The van der Waals surface area contributed by atoms with Gasteiger partial charge in [-0.2, -0.15) is 8.78 Å². The first-order valence-electron chi connectivity index (χ1n) is 7.01. The number of halogens is 2. The molecule has 0 amide bonds. The monoisotopic (exact) mass is 289 g/mol. The molecule has 2 aromatic rings. The minimum absolute atomic E-state index is 0.218. The van der Waals surface area contributed by atoms with Crippen LogP contribution in [0.2, 0.25) is 0 Å². The van der Waals surface area contributed by atoms with E-state index in [1.807, 2.05) is 24.3 Å². The SMILES string of the molecule is CC1c2ccc(OC(F)F)cc2CNC1c1ccccc1. The van der Waals surface area contributed by atoms with Gasteiger partial charge in [0.15, 0.2) is 0 Å². The summed E-state index contributed by atoms with van der Waals surface area (Å²) in [5, 5.41) is 3.48. The van der Waals surface area contributed by atoms with Gasteiger partial charge in [0.05, 0.1) is 0 Å². The van der Waals surface area contributed by atoms with E-state index in [1.54, 1.807) is 12.1 Å². The van der Waals surface area contributed by atoms with Gasteiger partial charge in [-0.1, -0.05) is 43.3 Å². The number of benzene rings is 2. The fourth-order valence-corrected chi connectivity index (χ4v) is 3.00. The molecular formula is C17H17F2NO. The average Bonchev–Trinajstić information content (AvgIpc) is 2.48. The van der Waals surface area contributed by atoms with Crippen molar-refractivity contribution in [2.45, 2.75) is 32.0 Å². The molecular weight excluding hydrogens is 272 g/mol. The van der Waals surface area contributed by atoms with E-state index in [-0.39, 0.29) is 17.7 Å². The molecule has 0 aliphatic carbocycles. The van der Waals surface area contributed by atoms with Gasteiger partial charge in [0, 0.05) is 18.5 Å². The van der Waals surface area contributed by atoms with Crippen molar-refractivity contribution in [3.63, 3.8) is 0 Å². The van der Waals surface area contributed by atoms with Gasteiger partial charge < -0.3 is 10.1 Å². The molecule has 2 aromatic carbocycles. The Morgan fingerprint density at radius 2 is 1.90 bits per heavy atom. The fourth-order valence-electron chi connectivity index (χ4n) is 3.00. The van der Waals surface area contributed by atoms with Crippen LogP contribution in [0.3, 0.4) is 0 Å². The molecule has 0 saturated carbocycles. The molecule has 1 aliphatic heterocycles. The Morgan fingerprint density at radius 3 is 2.62 bits per heavy atom. The molecule has 1 aliphatic rings. The Morgan fingerprint density at radius 1 is 1.14 bits per heavy atom. The fraction of sp³-hybridized carbons (Fsp3) is 0.294. The zero-order valence-electron chi connectivity index (χ0n) is 11.7. The summed E-state index contributed by atoms with van der Waals surface area (Å²) >= 11 is 0. The van der Waals surface area contributed by atoms with E-state index in [0.717, 1.165) is 5.56 Å². The molecule has 0 spiro atoms. The number of rotatable bonds is 3. The van der Waals surface area contributed by atoms with Crippen LogP contribution < -0.4 is 10.1 Å². The molecule has 2 nitrogen and oxygen atoms in total. The topological polar surface area (TPSA) is 21.3 Å². The minimum Gasteiger partial charge on any atom is -0.435 e. The lowest BCUT2D eigenvalue weighted by atomic mass is 9.83. The number of alkyl halides is 2. The molecule has 0 aromatic heterocycles. The van der Waals surface area contributed by atoms with Crippen LogP contribution in [0.1, 0.15) is 35.6 Å². The summed E-state index contributed by atoms with van der Waals surface area (Å²) in [4.78, 5) is 0. The van der Waals surface area contributed by atoms with Crippen molar-refractivity contribution in [1.29, 1.82) is 0 Å². The van der Waals surface area contributed by atoms with Crippen LogP contribution in [0, 0.1) is 0 Å². The quantitative estimate of drug-likeness (QED) is 0.912. The van der Waals surface area contributed by atoms with Gasteiger partial charge in [0.2, 0.25) is 0 Å². The van der Waals surface area contributed by atoms with Gasteiger partial charge in [-0.15, -0.1) is 0 Å². The zero-order valence-corrected chi connectivity index (χ0v) is 11.7. The molecule has 2 unspecified atom stereocenters. The maximum absolute atomic E-state index is 12.3. The standard InChI is InChI=1S/C17H17F2NO/c1-11-15-8-7-14(21-17(18)19)9-13(15)10-20-16(11)12-5-3-2-4-6-12/h2-9,11,16-17,20H,10H2,1H3. The molecule has 21 heavy (non-hydrogen) atoms. The van der Waals surface area contributed by atoms with E-state index in [4.69, 9.17) is 0 Å². The minimum atomic E-state index is -2.78. The highest BCUT2D eigenvalue weighted by Crippen LogP contribution is 2.37. The molecule has 1 heterocycles. The summed E-state index contributed by atoms with van der Waals surface area (Å²) in [6.45, 7) is 0.0183.